The Hall–Kier alpha value is -3.54. The van der Waals surface area contributed by atoms with E-state index in [-0.39, 0.29) is 17.6 Å². The molecule has 0 fully saturated rings. The Kier molecular flexibility index (Phi) is 6.07. The average molecular weight is 417 g/mol. The van der Waals surface area contributed by atoms with Gasteiger partial charge in [0.05, 0.1) is 16.9 Å². The summed E-state index contributed by atoms with van der Waals surface area (Å²) in [6, 6.07) is 15.9. The Balaban J connectivity index is 1.51. The van der Waals surface area contributed by atoms with Crippen molar-refractivity contribution in [2.75, 3.05) is 16.8 Å². The summed E-state index contributed by atoms with van der Waals surface area (Å²) in [6.07, 6.45) is 4.22. The van der Waals surface area contributed by atoms with E-state index in [4.69, 9.17) is 0 Å². The summed E-state index contributed by atoms with van der Waals surface area (Å²) in [5, 5.41) is 2.80. The topological polar surface area (TPSA) is 62.3 Å². The lowest BCUT2D eigenvalue weighted by Gasteiger charge is -2.29. The fourth-order valence-electron chi connectivity index (χ4n) is 3.81. The van der Waals surface area contributed by atoms with Crippen molar-refractivity contribution in [1.82, 2.24) is 4.98 Å². The SMILES string of the molecule is Cc1cc(F)ccc1NC(=O)c1cnc2c(c1)N(C(=O)CCc1ccccc1)CCC2. The number of carbonyl (C=O) groups excluding carboxylic acids is 2. The van der Waals surface area contributed by atoms with Gasteiger partial charge in [0.15, 0.2) is 0 Å². The average Bonchev–Trinajstić information content (AvgIpc) is 2.79. The minimum atomic E-state index is -0.351. The zero-order valence-corrected chi connectivity index (χ0v) is 17.4. The third-order valence-corrected chi connectivity index (χ3v) is 5.50. The van der Waals surface area contributed by atoms with E-state index in [1.807, 2.05) is 30.3 Å². The Morgan fingerprint density at radius 3 is 2.71 bits per heavy atom. The molecule has 0 aliphatic carbocycles. The fourth-order valence-corrected chi connectivity index (χ4v) is 3.81. The number of aryl methyl sites for hydroxylation is 3. The third kappa shape index (κ3) is 4.79. The predicted octanol–water partition coefficient (Wildman–Crippen LogP) is 4.69. The van der Waals surface area contributed by atoms with Crippen LogP contribution < -0.4 is 10.2 Å². The van der Waals surface area contributed by atoms with Crippen LogP contribution in [0.1, 0.15) is 40.0 Å². The molecular weight excluding hydrogens is 393 g/mol. The van der Waals surface area contributed by atoms with Gasteiger partial charge in [0.25, 0.3) is 5.91 Å². The van der Waals surface area contributed by atoms with Gasteiger partial charge < -0.3 is 10.2 Å². The van der Waals surface area contributed by atoms with Gasteiger partial charge in [-0.15, -0.1) is 0 Å². The molecule has 1 aliphatic rings. The first kappa shape index (κ1) is 20.7. The third-order valence-electron chi connectivity index (χ3n) is 5.50. The van der Waals surface area contributed by atoms with Crippen LogP contribution in [0.3, 0.4) is 0 Å². The van der Waals surface area contributed by atoms with Gasteiger partial charge in [0, 0.05) is 24.8 Å². The number of halogens is 1. The number of benzene rings is 2. The lowest BCUT2D eigenvalue weighted by molar-refractivity contribution is -0.118. The number of fused-ring (bicyclic) bond motifs is 1. The zero-order valence-electron chi connectivity index (χ0n) is 17.4. The highest BCUT2D eigenvalue weighted by atomic mass is 19.1. The number of pyridine rings is 1. The van der Waals surface area contributed by atoms with Crippen LogP contribution in [0.5, 0.6) is 0 Å². The molecule has 31 heavy (non-hydrogen) atoms. The number of nitrogens with one attached hydrogen (secondary N) is 1. The maximum Gasteiger partial charge on any atom is 0.257 e. The first-order valence-corrected chi connectivity index (χ1v) is 10.4. The van der Waals surface area contributed by atoms with Crippen LogP contribution in [0.2, 0.25) is 0 Å². The minimum absolute atomic E-state index is 0.0264. The standard InChI is InChI=1S/C25H24FN3O2/c1-17-14-20(26)10-11-21(17)28-25(31)19-15-23-22(27-16-19)8-5-13-29(23)24(30)12-9-18-6-3-2-4-7-18/h2-4,6-7,10-11,14-16H,5,8-9,12-13H2,1H3,(H,28,31). The van der Waals surface area contributed by atoms with Crippen LogP contribution >= 0.6 is 0 Å². The van der Waals surface area contributed by atoms with Gasteiger partial charge in [-0.25, -0.2) is 4.39 Å². The number of aromatic nitrogens is 1. The maximum atomic E-state index is 13.3. The van der Waals surface area contributed by atoms with E-state index in [9.17, 15) is 14.0 Å². The van der Waals surface area contributed by atoms with Gasteiger partial charge in [-0.3, -0.25) is 14.6 Å². The van der Waals surface area contributed by atoms with Crippen LogP contribution in [-0.2, 0) is 17.6 Å². The number of anilines is 2. The molecule has 1 aliphatic heterocycles. The normalized spacial score (nSPS) is 12.9. The summed E-state index contributed by atoms with van der Waals surface area (Å²) >= 11 is 0. The molecule has 6 heteroatoms. The molecule has 3 aromatic rings. The van der Waals surface area contributed by atoms with Gasteiger partial charge in [0.1, 0.15) is 5.82 Å². The summed E-state index contributed by atoms with van der Waals surface area (Å²) in [4.78, 5) is 31.9. The van der Waals surface area contributed by atoms with Crippen molar-refractivity contribution >= 4 is 23.2 Å². The summed E-state index contributed by atoms with van der Waals surface area (Å²) in [5.41, 5.74) is 4.19. The molecule has 4 rings (SSSR count). The second-order valence-corrected chi connectivity index (χ2v) is 7.74. The molecule has 0 saturated heterocycles. The first-order chi connectivity index (χ1) is 15.0. The molecule has 0 saturated carbocycles. The molecule has 1 N–H and O–H groups in total. The van der Waals surface area contributed by atoms with Gasteiger partial charge in [-0.05, 0) is 61.6 Å². The predicted molar refractivity (Wildman–Crippen MR) is 119 cm³/mol. The van der Waals surface area contributed by atoms with Crippen molar-refractivity contribution < 1.29 is 14.0 Å². The molecule has 5 nitrogen and oxygen atoms in total. The van der Waals surface area contributed by atoms with Crippen LogP contribution in [-0.4, -0.2) is 23.3 Å². The van der Waals surface area contributed by atoms with Crippen molar-refractivity contribution in [2.24, 2.45) is 0 Å². The number of hydrogen-bond donors (Lipinski definition) is 1. The number of nitrogens with zero attached hydrogens (tertiary/aromatic N) is 2. The molecule has 0 radical (unpaired) electrons. The molecule has 2 heterocycles. The highest BCUT2D eigenvalue weighted by Gasteiger charge is 2.24. The minimum Gasteiger partial charge on any atom is -0.322 e. The molecule has 0 unspecified atom stereocenters. The van der Waals surface area contributed by atoms with Crippen LogP contribution in [0.15, 0.2) is 60.8 Å². The largest absolute Gasteiger partial charge is 0.322 e. The highest BCUT2D eigenvalue weighted by molar-refractivity contribution is 6.06. The Bertz CT molecular complexity index is 1120. The van der Waals surface area contributed by atoms with Crippen LogP contribution in [0, 0.1) is 12.7 Å². The van der Waals surface area contributed by atoms with Crippen molar-refractivity contribution in [3.63, 3.8) is 0 Å². The van der Waals surface area contributed by atoms with E-state index in [1.54, 1.807) is 17.9 Å². The number of hydrogen-bond acceptors (Lipinski definition) is 3. The van der Waals surface area contributed by atoms with E-state index in [0.29, 0.717) is 41.9 Å². The van der Waals surface area contributed by atoms with Crippen LogP contribution in [0.4, 0.5) is 15.8 Å². The summed E-state index contributed by atoms with van der Waals surface area (Å²) in [6.45, 7) is 2.35. The molecule has 0 spiro atoms. The highest BCUT2D eigenvalue weighted by Crippen LogP contribution is 2.28. The zero-order chi connectivity index (χ0) is 21.8. The molecule has 2 aromatic carbocycles. The number of rotatable bonds is 5. The smallest absolute Gasteiger partial charge is 0.257 e. The van der Waals surface area contributed by atoms with Crippen LogP contribution in [0.25, 0.3) is 0 Å². The molecule has 1 aromatic heterocycles. The molecule has 0 bridgehead atoms. The van der Waals surface area contributed by atoms with Crippen molar-refractivity contribution in [1.29, 1.82) is 0 Å². The van der Waals surface area contributed by atoms with E-state index in [2.05, 4.69) is 10.3 Å². The molecule has 158 valence electrons. The number of amides is 2. The summed E-state index contributed by atoms with van der Waals surface area (Å²) in [5.74, 6) is -0.665. The summed E-state index contributed by atoms with van der Waals surface area (Å²) in [7, 11) is 0. The summed E-state index contributed by atoms with van der Waals surface area (Å²) < 4.78 is 13.3. The molecule has 2 amide bonds. The molecule has 0 atom stereocenters. The first-order valence-electron chi connectivity index (χ1n) is 10.4. The van der Waals surface area contributed by atoms with Crippen molar-refractivity contribution in [3.8, 4) is 0 Å². The fraction of sp³-hybridized carbons (Fsp3) is 0.240. The lowest BCUT2D eigenvalue weighted by Crippen LogP contribution is -2.36. The Morgan fingerprint density at radius 2 is 1.94 bits per heavy atom. The van der Waals surface area contributed by atoms with Crippen molar-refractivity contribution in [2.45, 2.75) is 32.6 Å². The second-order valence-electron chi connectivity index (χ2n) is 7.74. The number of carbonyl (C=O) groups is 2. The van der Waals surface area contributed by atoms with Gasteiger partial charge >= 0.3 is 0 Å². The van der Waals surface area contributed by atoms with E-state index < -0.39 is 0 Å². The monoisotopic (exact) mass is 417 g/mol. The second kappa shape index (κ2) is 9.08. The quantitative estimate of drug-likeness (QED) is 0.655. The van der Waals surface area contributed by atoms with E-state index in [1.165, 1.54) is 24.4 Å². The van der Waals surface area contributed by atoms with E-state index in [0.717, 1.165) is 24.1 Å². The van der Waals surface area contributed by atoms with Gasteiger partial charge in [0.2, 0.25) is 5.91 Å². The molecular formula is C25H24FN3O2. The van der Waals surface area contributed by atoms with Gasteiger partial charge in [-0.2, -0.15) is 0 Å². The Labute approximate surface area is 180 Å². The van der Waals surface area contributed by atoms with E-state index >= 15 is 0 Å². The van der Waals surface area contributed by atoms with Gasteiger partial charge in [-0.1, -0.05) is 30.3 Å². The van der Waals surface area contributed by atoms with Crippen molar-refractivity contribution in [3.05, 3.63) is 89.0 Å². The lowest BCUT2D eigenvalue weighted by atomic mass is 10.0. The maximum absolute atomic E-state index is 13.3. The Morgan fingerprint density at radius 1 is 1.13 bits per heavy atom.